The molecule has 11 heteroatoms. The first-order chi connectivity index (χ1) is 13.2. The average molecular weight is 429 g/mol. The molecule has 2 atom stereocenters. The van der Waals surface area contributed by atoms with Gasteiger partial charge in [-0.1, -0.05) is 17.7 Å². The van der Waals surface area contributed by atoms with E-state index < -0.39 is 21.9 Å². The van der Waals surface area contributed by atoms with Crippen LogP contribution in [0, 0.1) is 5.82 Å². The smallest absolute Gasteiger partial charge is 0.242 e. The highest BCUT2D eigenvalue weighted by molar-refractivity contribution is 7.89. The van der Waals surface area contributed by atoms with Crippen LogP contribution in [-0.2, 0) is 14.8 Å². The molecule has 1 heterocycles. The standard InChI is InChI=1S/C17H18ClFN4O4S/c1-27-15-5-2-9(6-16(15)28(20,25)26)13-8-14(23-22-13)17(24)21-10-3-4-12(19)11(18)7-10/h2-7,13-14,22-23H,8H2,1H3,(H,21,24)(H2,20,25,26). The molecule has 28 heavy (non-hydrogen) atoms. The van der Waals surface area contributed by atoms with Crippen molar-refractivity contribution in [2.45, 2.75) is 23.4 Å². The predicted molar refractivity (Wildman–Crippen MR) is 102 cm³/mol. The number of halogens is 2. The molecule has 1 fully saturated rings. The molecule has 0 spiro atoms. The molecule has 0 bridgehead atoms. The molecule has 5 N–H and O–H groups in total. The van der Waals surface area contributed by atoms with Crippen LogP contribution in [0.5, 0.6) is 5.75 Å². The number of methoxy groups -OCH3 is 1. The summed E-state index contributed by atoms with van der Waals surface area (Å²) >= 11 is 5.71. The normalized spacial score (nSPS) is 19.4. The molecule has 2 aromatic rings. The van der Waals surface area contributed by atoms with E-state index >= 15 is 0 Å². The lowest BCUT2D eigenvalue weighted by Gasteiger charge is -2.13. The largest absolute Gasteiger partial charge is 0.495 e. The molecule has 1 saturated heterocycles. The fraction of sp³-hybridized carbons (Fsp3) is 0.235. The Morgan fingerprint density at radius 1 is 1.29 bits per heavy atom. The molecule has 1 amide bonds. The van der Waals surface area contributed by atoms with Gasteiger partial charge >= 0.3 is 0 Å². The number of anilines is 1. The first-order valence-corrected chi connectivity index (χ1v) is 10.1. The van der Waals surface area contributed by atoms with Crippen molar-refractivity contribution in [2.75, 3.05) is 12.4 Å². The summed E-state index contributed by atoms with van der Waals surface area (Å²) < 4.78 is 41.8. The van der Waals surface area contributed by atoms with Crippen molar-refractivity contribution in [1.82, 2.24) is 10.9 Å². The molecule has 8 nitrogen and oxygen atoms in total. The Morgan fingerprint density at radius 3 is 2.68 bits per heavy atom. The molecule has 3 rings (SSSR count). The maximum absolute atomic E-state index is 13.2. The van der Waals surface area contributed by atoms with Crippen LogP contribution in [-0.4, -0.2) is 27.5 Å². The molecule has 2 unspecified atom stereocenters. The van der Waals surface area contributed by atoms with E-state index in [2.05, 4.69) is 16.2 Å². The number of sulfonamides is 1. The molecule has 1 aliphatic rings. The van der Waals surface area contributed by atoms with Crippen LogP contribution in [0.3, 0.4) is 0 Å². The van der Waals surface area contributed by atoms with Gasteiger partial charge in [-0.25, -0.2) is 28.8 Å². The quantitative estimate of drug-likeness (QED) is 0.574. The van der Waals surface area contributed by atoms with E-state index in [9.17, 15) is 17.6 Å². The van der Waals surface area contributed by atoms with Gasteiger partial charge in [0, 0.05) is 11.7 Å². The number of ether oxygens (including phenoxy) is 1. The van der Waals surface area contributed by atoms with Gasteiger partial charge in [-0.3, -0.25) is 4.79 Å². The average Bonchev–Trinajstić information content (AvgIpc) is 3.14. The van der Waals surface area contributed by atoms with E-state index in [0.717, 1.165) is 6.07 Å². The van der Waals surface area contributed by atoms with Gasteiger partial charge in [0.15, 0.2) is 0 Å². The van der Waals surface area contributed by atoms with Gasteiger partial charge in [0.2, 0.25) is 15.9 Å². The van der Waals surface area contributed by atoms with Crippen molar-refractivity contribution in [3.05, 3.63) is 52.8 Å². The fourth-order valence-electron chi connectivity index (χ4n) is 2.88. The maximum Gasteiger partial charge on any atom is 0.242 e. The summed E-state index contributed by atoms with van der Waals surface area (Å²) in [6.45, 7) is 0. The molecular formula is C17H18ClFN4O4S. The highest BCUT2D eigenvalue weighted by atomic mass is 35.5. The van der Waals surface area contributed by atoms with Crippen LogP contribution in [0.25, 0.3) is 0 Å². The van der Waals surface area contributed by atoms with Gasteiger partial charge in [-0.15, -0.1) is 0 Å². The van der Waals surface area contributed by atoms with E-state index in [1.54, 1.807) is 6.07 Å². The second kappa shape index (κ2) is 8.02. The number of benzene rings is 2. The van der Waals surface area contributed by atoms with Crippen molar-refractivity contribution < 1.29 is 22.3 Å². The minimum Gasteiger partial charge on any atom is -0.495 e. The fourth-order valence-corrected chi connectivity index (χ4v) is 3.80. The summed E-state index contributed by atoms with van der Waals surface area (Å²) in [6.07, 6.45) is 0.344. The summed E-state index contributed by atoms with van der Waals surface area (Å²) in [7, 11) is -2.62. The predicted octanol–water partition coefficient (Wildman–Crippen LogP) is 1.68. The zero-order valence-corrected chi connectivity index (χ0v) is 16.3. The molecule has 0 aromatic heterocycles. The highest BCUT2D eigenvalue weighted by Crippen LogP contribution is 2.30. The molecule has 1 aliphatic heterocycles. The number of carbonyl (C=O) groups is 1. The van der Waals surface area contributed by atoms with E-state index in [-0.39, 0.29) is 27.6 Å². The molecule has 150 valence electrons. The number of rotatable bonds is 5. The Bertz CT molecular complexity index is 1020. The Labute approximate surface area is 166 Å². The number of primary sulfonamides is 1. The van der Waals surface area contributed by atoms with Gasteiger partial charge in [0.25, 0.3) is 0 Å². The second-order valence-corrected chi connectivity index (χ2v) is 8.14. The number of nitrogens with two attached hydrogens (primary N) is 1. The first-order valence-electron chi connectivity index (χ1n) is 8.16. The van der Waals surface area contributed by atoms with Crippen molar-refractivity contribution in [2.24, 2.45) is 5.14 Å². The summed E-state index contributed by atoms with van der Waals surface area (Å²) in [5, 5.41) is 7.79. The third-order valence-electron chi connectivity index (χ3n) is 4.30. The molecular weight excluding hydrogens is 411 g/mol. The lowest BCUT2D eigenvalue weighted by atomic mass is 10.0. The van der Waals surface area contributed by atoms with Gasteiger partial charge < -0.3 is 10.1 Å². The Hall–Kier alpha value is -2.24. The monoisotopic (exact) mass is 428 g/mol. The Kier molecular flexibility index (Phi) is 5.87. The van der Waals surface area contributed by atoms with Crippen LogP contribution < -0.4 is 26.0 Å². The maximum atomic E-state index is 13.2. The van der Waals surface area contributed by atoms with Crippen LogP contribution in [0.15, 0.2) is 41.3 Å². The van der Waals surface area contributed by atoms with E-state index in [4.69, 9.17) is 21.5 Å². The number of hydrogen-bond donors (Lipinski definition) is 4. The Morgan fingerprint density at radius 2 is 2.04 bits per heavy atom. The van der Waals surface area contributed by atoms with E-state index in [1.807, 2.05) is 0 Å². The van der Waals surface area contributed by atoms with Crippen LogP contribution in [0.2, 0.25) is 5.02 Å². The number of nitrogens with one attached hydrogen (secondary N) is 3. The topological polar surface area (TPSA) is 123 Å². The zero-order valence-electron chi connectivity index (χ0n) is 14.7. The van der Waals surface area contributed by atoms with E-state index in [1.165, 1.54) is 31.4 Å². The molecule has 0 radical (unpaired) electrons. The third kappa shape index (κ3) is 4.42. The number of hydrazine groups is 1. The van der Waals surface area contributed by atoms with Gasteiger partial charge in [0.05, 0.1) is 12.1 Å². The number of amides is 1. The molecule has 2 aromatic carbocycles. The van der Waals surface area contributed by atoms with Crippen molar-refractivity contribution >= 4 is 33.2 Å². The summed E-state index contributed by atoms with van der Waals surface area (Å²) in [5.41, 5.74) is 6.80. The number of carbonyl (C=O) groups excluding carboxylic acids is 1. The molecule has 0 saturated carbocycles. The second-order valence-electron chi connectivity index (χ2n) is 6.20. The minimum atomic E-state index is -3.97. The van der Waals surface area contributed by atoms with Gasteiger partial charge in [-0.05, 0) is 42.3 Å². The van der Waals surface area contributed by atoms with Gasteiger partial charge in [0.1, 0.15) is 22.5 Å². The van der Waals surface area contributed by atoms with Crippen molar-refractivity contribution in [3.63, 3.8) is 0 Å². The SMILES string of the molecule is COc1ccc(C2CC(C(=O)Nc3ccc(F)c(Cl)c3)NN2)cc1S(N)(=O)=O. The third-order valence-corrected chi connectivity index (χ3v) is 5.53. The number of hydrogen-bond acceptors (Lipinski definition) is 6. The minimum absolute atomic E-state index is 0.0954. The molecule has 0 aliphatic carbocycles. The van der Waals surface area contributed by atoms with Crippen molar-refractivity contribution in [3.8, 4) is 5.75 Å². The van der Waals surface area contributed by atoms with Crippen LogP contribution in [0.1, 0.15) is 18.0 Å². The van der Waals surface area contributed by atoms with Crippen LogP contribution in [0.4, 0.5) is 10.1 Å². The lowest BCUT2D eigenvalue weighted by molar-refractivity contribution is -0.117. The summed E-state index contributed by atoms with van der Waals surface area (Å²) in [5.74, 6) is -0.789. The zero-order chi connectivity index (χ0) is 20.5. The van der Waals surface area contributed by atoms with Gasteiger partial charge in [-0.2, -0.15) is 0 Å². The lowest BCUT2D eigenvalue weighted by Crippen LogP contribution is -2.39. The van der Waals surface area contributed by atoms with Crippen molar-refractivity contribution in [1.29, 1.82) is 0 Å². The summed E-state index contributed by atoms with van der Waals surface area (Å²) in [4.78, 5) is 12.3. The van der Waals surface area contributed by atoms with E-state index in [0.29, 0.717) is 17.7 Å². The highest BCUT2D eigenvalue weighted by Gasteiger charge is 2.31. The Balaban J connectivity index is 1.73. The first kappa shape index (κ1) is 20.5. The summed E-state index contributed by atoms with van der Waals surface area (Å²) in [6, 6.07) is 7.54. The van der Waals surface area contributed by atoms with Crippen LogP contribution >= 0.6 is 11.6 Å².